The van der Waals surface area contributed by atoms with Crippen molar-refractivity contribution in [1.29, 1.82) is 0 Å². The second-order valence-corrected chi connectivity index (χ2v) is 6.40. The molecule has 0 spiro atoms. The van der Waals surface area contributed by atoms with Crippen molar-refractivity contribution in [2.24, 2.45) is 0 Å². The normalized spacial score (nSPS) is 22.3. The molecule has 21 heavy (non-hydrogen) atoms. The standard InChI is InChI=1S/C16H25N3O2/c1-11-15(12(2)21-18-11)9-16(20)19(14-6-7-14)10-13-5-3-4-8-17-13/h13-14,17H,3-10H2,1-2H3. The van der Waals surface area contributed by atoms with Gasteiger partial charge in [0.2, 0.25) is 5.91 Å². The van der Waals surface area contributed by atoms with Gasteiger partial charge in [0.15, 0.2) is 0 Å². The molecule has 1 saturated carbocycles. The lowest BCUT2D eigenvalue weighted by Crippen LogP contribution is -2.47. The van der Waals surface area contributed by atoms with Gasteiger partial charge in [-0.25, -0.2) is 0 Å². The van der Waals surface area contributed by atoms with Crippen molar-refractivity contribution in [1.82, 2.24) is 15.4 Å². The Morgan fingerprint density at radius 2 is 2.14 bits per heavy atom. The average Bonchev–Trinajstić information content (AvgIpc) is 3.28. The van der Waals surface area contributed by atoms with Gasteiger partial charge in [0.25, 0.3) is 0 Å². The van der Waals surface area contributed by atoms with Crippen LogP contribution in [-0.2, 0) is 11.2 Å². The van der Waals surface area contributed by atoms with Crippen molar-refractivity contribution in [2.45, 2.75) is 64.5 Å². The maximum Gasteiger partial charge on any atom is 0.227 e. The predicted molar refractivity (Wildman–Crippen MR) is 80.1 cm³/mol. The van der Waals surface area contributed by atoms with E-state index in [9.17, 15) is 4.79 Å². The number of nitrogens with one attached hydrogen (secondary N) is 1. The summed E-state index contributed by atoms with van der Waals surface area (Å²) in [5.41, 5.74) is 1.80. The Kier molecular flexibility index (Phi) is 4.29. The number of carbonyl (C=O) groups excluding carboxylic acids is 1. The lowest BCUT2D eigenvalue weighted by atomic mass is 10.0. The van der Waals surface area contributed by atoms with Crippen LogP contribution in [0.15, 0.2) is 4.52 Å². The third kappa shape index (κ3) is 3.46. The fourth-order valence-corrected chi connectivity index (χ4v) is 3.17. The number of rotatable bonds is 5. The lowest BCUT2D eigenvalue weighted by molar-refractivity contribution is -0.131. The van der Waals surface area contributed by atoms with Gasteiger partial charge in [-0.1, -0.05) is 11.6 Å². The molecular weight excluding hydrogens is 266 g/mol. The molecule has 1 N–H and O–H groups in total. The summed E-state index contributed by atoms with van der Waals surface area (Å²) in [5, 5.41) is 7.49. The van der Waals surface area contributed by atoms with Crippen molar-refractivity contribution in [3.63, 3.8) is 0 Å². The topological polar surface area (TPSA) is 58.4 Å². The lowest BCUT2D eigenvalue weighted by Gasteiger charge is -2.31. The zero-order chi connectivity index (χ0) is 14.8. The van der Waals surface area contributed by atoms with Gasteiger partial charge >= 0.3 is 0 Å². The van der Waals surface area contributed by atoms with Gasteiger partial charge in [0.05, 0.1) is 12.1 Å². The van der Waals surface area contributed by atoms with Crippen molar-refractivity contribution in [3.05, 3.63) is 17.0 Å². The zero-order valence-electron chi connectivity index (χ0n) is 13.0. The summed E-state index contributed by atoms with van der Waals surface area (Å²) in [6, 6.07) is 0.926. The Bertz CT molecular complexity index is 482. The highest BCUT2D eigenvalue weighted by atomic mass is 16.5. The van der Waals surface area contributed by atoms with Gasteiger partial charge in [-0.3, -0.25) is 4.79 Å². The van der Waals surface area contributed by atoms with Gasteiger partial charge in [-0.2, -0.15) is 0 Å². The second-order valence-electron chi connectivity index (χ2n) is 6.40. The Balaban J connectivity index is 1.64. The Hall–Kier alpha value is -1.36. The SMILES string of the molecule is Cc1noc(C)c1CC(=O)N(CC1CCCCN1)C1CC1. The van der Waals surface area contributed by atoms with E-state index in [0.717, 1.165) is 42.9 Å². The number of aromatic nitrogens is 1. The van der Waals surface area contributed by atoms with Crippen molar-refractivity contribution >= 4 is 5.91 Å². The Morgan fingerprint density at radius 1 is 1.33 bits per heavy atom. The molecule has 1 aromatic heterocycles. The number of piperidine rings is 1. The molecule has 1 atom stereocenters. The number of hydrogen-bond donors (Lipinski definition) is 1. The second kappa shape index (κ2) is 6.18. The van der Waals surface area contributed by atoms with E-state index in [2.05, 4.69) is 15.4 Å². The summed E-state index contributed by atoms with van der Waals surface area (Å²) in [6.07, 6.45) is 6.44. The van der Waals surface area contributed by atoms with E-state index in [-0.39, 0.29) is 5.91 Å². The van der Waals surface area contributed by atoms with E-state index < -0.39 is 0 Å². The molecular formula is C16H25N3O2. The van der Waals surface area contributed by atoms with Gasteiger partial charge in [0, 0.05) is 24.2 Å². The molecule has 5 heteroatoms. The molecule has 1 amide bonds. The van der Waals surface area contributed by atoms with Crippen LogP contribution in [0.5, 0.6) is 0 Å². The van der Waals surface area contributed by atoms with E-state index in [4.69, 9.17) is 4.52 Å². The van der Waals surface area contributed by atoms with Crippen molar-refractivity contribution in [3.8, 4) is 0 Å². The van der Waals surface area contributed by atoms with E-state index in [1.807, 2.05) is 13.8 Å². The van der Waals surface area contributed by atoms with Crippen LogP contribution in [0.3, 0.4) is 0 Å². The number of aryl methyl sites for hydroxylation is 2. The molecule has 1 unspecified atom stereocenters. The first-order valence-electron chi connectivity index (χ1n) is 8.09. The molecule has 2 heterocycles. The van der Waals surface area contributed by atoms with Crippen molar-refractivity contribution in [2.75, 3.05) is 13.1 Å². The molecule has 116 valence electrons. The molecule has 0 radical (unpaired) electrons. The Morgan fingerprint density at radius 3 is 2.71 bits per heavy atom. The zero-order valence-corrected chi connectivity index (χ0v) is 13.0. The molecule has 0 bridgehead atoms. The number of nitrogens with zero attached hydrogens (tertiary/aromatic N) is 2. The third-order valence-electron chi connectivity index (χ3n) is 4.65. The summed E-state index contributed by atoms with van der Waals surface area (Å²) >= 11 is 0. The highest BCUT2D eigenvalue weighted by molar-refractivity contribution is 5.80. The van der Waals surface area contributed by atoms with E-state index in [1.165, 1.54) is 19.3 Å². The van der Waals surface area contributed by atoms with Crippen LogP contribution in [0.1, 0.15) is 49.1 Å². The van der Waals surface area contributed by atoms with Crippen LogP contribution in [0.4, 0.5) is 0 Å². The summed E-state index contributed by atoms with van der Waals surface area (Å²) < 4.78 is 5.17. The third-order valence-corrected chi connectivity index (χ3v) is 4.65. The first-order chi connectivity index (χ1) is 10.1. The molecule has 1 aliphatic carbocycles. The number of carbonyl (C=O) groups is 1. The minimum atomic E-state index is 0.222. The van der Waals surface area contributed by atoms with Crippen LogP contribution in [0, 0.1) is 13.8 Å². The minimum Gasteiger partial charge on any atom is -0.361 e. The van der Waals surface area contributed by atoms with E-state index >= 15 is 0 Å². The monoisotopic (exact) mass is 291 g/mol. The maximum atomic E-state index is 12.7. The largest absolute Gasteiger partial charge is 0.361 e. The highest BCUT2D eigenvalue weighted by Gasteiger charge is 2.34. The average molecular weight is 291 g/mol. The fraction of sp³-hybridized carbons (Fsp3) is 0.750. The van der Waals surface area contributed by atoms with Crippen LogP contribution in [-0.4, -0.2) is 41.1 Å². The van der Waals surface area contributed by atoms with E-state index in [0.29, 0.717) is 18.5 Å². The molecule has 1 saturated heterocycles. The molecule has 2 fully saturated rings. The number of amides is 1. The van der Waals surface area contributed by atoms with Gasteiger partial charge in [-0.05, 0) is 46.1 Å². The molecule has 3 rings (SSSR count). The van der Waals surface area contributed by atoms with Gasteiger partial charge in [0.1, 0.15) is 5.76 Å². The number of hydrogen-bond acceptors (Lipinski definition) is 4. The van der Waals surface area contributed by atoms with Gasteiger partial charge in [-0.15, -0.1) is 0 Å². The highest BCUT2D eigenvalue weighted by Crippen LogP contribution is 2.29. The summed E-state index contributed by atoms with van der Waals surface area (Å²) in [6.45, 7) is 5.73. The smallest absolute Gasteiger partial charge is 0.227 e. The minimum absolute atomic E-state index is 0.222. The van der Waals surface area contributed by atoms with Crippen LogP contribution in [0.2, 0.25) is 0 Å². The first kappa shape index (κ1) is 14.6. The molecule has 1 aliphatic heterocycles. The summed E-state index contributed by atoms with van der Waals surface area (Å²) in [4.78, 5) is 14.8. The van der Waals surface area contributed by atoms with Crippen LogP contribution in [0.25, 0.3) is 0 Å². The molecule has 0 aromatic carbocycles. The molecule has 1 aromatic rings. The molecule has 5 nitrogen and oxygen atoms in total. The summed E-state index contributed by atoms with van der Waals surface area (Å²) in [5.74, 6) is 0.992. The fourth-order valence-electron chi connectivity index (χ4n) is 3.17. The Labute approximate surface area is 126 Å². The first-order valence-corrected chi connectivity index (χ1v) is 8.09. The van der Waals surface area contributed by atoms with Crippen molar-refractivity contribution < 1.29 is 9.32 Å². The molecule has 2 aliphatic rings. The van der Waals surface area contributed by atoms with Crippen LogP contribution < -0.4 is 5.32 Å². The van der Waals surface area contributed by atoms with Crippen LogP contribution >= 0.6 is 0 Å². The maximum absolute atomic E-state index is 12.7. The quantitative estimate of drug-likeness (QED) is 0.901. The predicted octanol–water partition coefficient (Wildman–Crippen LogP) is 1.97. The summed E-state index contributed by atoms with van der Waals surface area (Å²) in [7, 11) is 0. The van der Waals surface area contributed by atoms with Gasteiger partial charge < -0.3 is 14.7 Å². The van der Waals surface area contributed by atoms with E-state index in [1.54, 1.807) is 0 Å².